The van der Waals surface area contributed by atoms with Gasteiger partial charge in [-0.3, -0.25) is 9.36 Å². The summed E-state index contributed by atoms with van der Waals surface area (Å²) >= 11 is 0. The molecule has 1 unspecified atom stereocenters. The molecule has 1 aromatic heterocycles. The van der Waals surface area contributed by atoms with E-state index >= 15 is 0 Å². The molecule has 8 nitrogen and oxygen atoms in total. The van der Waals surface area contributed by atoms with Crippen LogP contribution in [0.15, 0.2) is 20.7 Å². The van der Waals surface area contributed by atoms with Gasteiger partial charge in [0.2, 0.25) is 10.0 Å². The van der Waals surface area contributed by atoms with Gasteiger partial charge in [-0.25, -0.2) is 17.9 Å². The first-order valence-electron chi connectivity index (χ1n) is 7.56. The summed E-state index contributed by atoms with van der Waals surface area (Å²) < 4.78 is 29.3. The Kier molecular flexibility index (Phi) is 6.43. The summed E-state index contributed by atoms with van der Waals surface area (Å²) in [5.74, 6) is 0. The normalized spacial score (nSPS) is 20.4. The predicted molar refractivity (Wildman–Crippen MR) is 94.2 cm³/mol. The maximum absolute atomic E-state index is 12.5. The largest absolute Gasteiger partial charge is 0.330 e. The molecule has 0 radical (unpaired) electrons. The molecule has 0 spiro atoms. The van der Waals surface area contributed by atoms with Crippen molar-refractivity contribution in [3.05, 3.63) is 27.0 Å². The lowest BCUT2D eigenvalue weighted by Gasteiger charge is -2.39. The maximum Gasteiger partial charge on any atom is 0.330 e. The zero-order valence-corrected chi connectivity index (χ0v) is 16.0. The summed E-state index contributed by atoms with van der Waals surface area (Å²) in [5.41, 5.74) is -1.42. The van der Waals surface area contributed by atoms with Crippen LogP contribution in [-0.2, 0) is 24.1 Å². The summed E-state index contributed by atoms with van der Waals surface area (Å²) in [7, 11) is -1.32. The number of nitrogens with zero attached hydrogens (tertiary/aromatic N) is 2. The predicted octanol–water partition coefficient (Wildman–Crippen LogP) is -0.438. The minimum atomic E-state index is -3.99. The molecule has 1 atom stereocenters. The molecule has 1 aliphatic heterocycles. The summed E-state index contributed by atoms with van der Waals surface area (Å²) in [6.07, 6.45) is 3.12. The van der Waals surface area contributed by atoms with Gasteiger partial charge in [0, 0.05) is 32.9 Å². The third kappa shape index (κ3) is 4.08. The average Bonchev–Trinajstić information content (AvgIpc) is 2.47. The highest BCUT2D eigenvalue weighted by Gasteiger charge is 2.33. The fourth-order valence-electron chi connectivity index (χ4n) is 2.85. The second kappa shape index (κ2) is 7.38. The van der Waals surface area contributed by atoms with E-state index in [1.165, 1.54) is 14.1 Å². The number of aromatic nitrogens is 2. The SMILES string of the molecule is Cl.Cn1cc(S(=O)(=O)NCC2NCCCC2(C)C)c(=O)n(C)c1=O. The van der Waals surface area contributed by atoms with Gasteiger partial charge in [0.1, 0.15) is 0 Å². The number of rotatable bonds is 4. The van der Waals surface area contributed by atoms with Crippen LogP contribution < -0.4 is 21.3 Å². The molecular formula is C14H25ClN4O4S. The molecule has 1 aromatic rings. The molecule has 2 rings (SSSR count). The maximum atomic E-state index is 12.5. The first-order valence-corrected chi connectivity index (χ1v) is 9.04. The fourth-order valence-corrected chi connectivity index (χ4v) is 4.05. The van der Waals surface area contributed by atoms with Crippen molar-refractivity contribution in [3.8, 4) is 0 Å². The topological polar surface area (TPSA) is 102 Å². The van der Waals surface area contributed by atoms with Crippen molar-refractivity contribution in [2.75, 3.05) is 13.1 Å². The van der Waals surface area contributed by atoms with Gasteiger partial charge in [-0.2, -0.15) is 0 Å². The van der Waals surface area contributed by atoms with Crippen LogP contribution in [0.5, 0.6) is 0 Å². The van der Waals surface area contributed by atoms with Crippen LogP contribution in [0.4, 0.5) is 0 Å². The van der Waals surface area contributed by atoms with E-state index in [9.17, 15) is 18.0 Å². The van der Waals surface area contributed by atoms with Gasteiger partial charge in [-0.15, -0.1) is 12.4 Å². The van der Waals surface area contributed by atoms with Crippen molar-refractivity contribution >= 4 is 22.4 Å². The smallest absolute Gasteiger partial charge is 0.312 e. The highest BCUT2D eigenvalue weighted by molar-refractivity contribution is 7.89. The van der Waals surface area contributed by atoms with E-state index < -0.39 is 26.2 Å². The van der Waals surface area contributed by atoms with Crippen molar-refractivity contribution in [1.82, 2.24) is 19.2 Å². The summed E-state index contributed by atoms with van der Waals surface area (Å²) in [5, 5.41) is 3.31. The molecule has 0 amide bonds. The van der Waals surface area contributed by atoms with E-state index in [4.69, 9.17) is 0 Å². The Hall–Kier alpha value is -1.16. The van der Waals surface area contributed by atoms with Crippen LogP contribution in [-0.4, -0.2) is 36.7 Å². The monoisotopic (exact) mass is 380 g/mol. The van der Waals surface area contributed by atoms with Gasteiger partial charge in [-0.05, 0) is 24.8 Å². The number of piperidine rings is 1. The molecule has 24 heavy (non-hydrogen) atoms. The lowest BCUT2D eigenvalue weighted by molar-refractivity contribution is 0.181. The van der Waals surface area contributed by atoms with Crippen LogP contribution in [0.25, 0.3) is 0 Å². The highest BCUT2D eigenvalue weighted by Crippen LogP contribution is 2.29. The molecule has 10 heteroatoms. The number of halogens is 1. The highest BCUT2D eigenvalue weighted by atomic mass is 35.5. The third-order valence-corrected chi connectivity index (χ3v) is 5.92. The van der Waals surface area contributed by atoms with Crippen molar-refractivity contribution < 1.29 is 8.42 Å². The lowest BCUT2D eigenvalue weighted by Crippen LogP contribution is -2.53. The molecule has 0 saturated carbocycles. The minimum Gasteiger partial charge on any atom is -0.312 e. The van der Waals surface area contributed by atoms with Gasteiger partial charge < -0.3 is 9.88 Å². The molecule has 1 aliphatic rings. The zero-order valence-electron chi connectivity index (χ0n) is 14.3. The van der Waals surface area contributed by atoms with E-state index in [-0.39, 0.29) is 30.4 Å². The van der Waals surface area contributed by atoms with Gasteiger partial charge >= 0.3 is 5.69 Å². The standard InChI is InChI=1S/C14H24N4O4S.ClH/c1-14(2)6-5-7-15-11(14)8-16-23(21,22)10-9-17(3)13(20)18(4)12(10)19;/h9,11,15-16H,5-8H2,1-4H3;1H. The molecule has 138 valence electrons. The molecule has 1 saturated heterocycles. The lowest BCUT2D eigenvalue weighted by atomic mass is 9.78. The number of aryl methyl sites for hydroxylation is 1. The number of hydrogen-bond acceptors (Lipinski definition) is 5. The van der Waals surface area contributed by atoms with Crippen LogP contribution in [0.2, 0.25) is 0 Å². The second-order valence-electron chi connectivity index (χ2n) is 6.70. The quantitative estimate of drug-likeness (QED) is 0.737. The minimum absolute atomic E-state index is 0. The van der Waals surface area contributed by atoms with Crippen LogP contribution in [0.1, 0.15) is 26.7 Å². The van der Waals surface area contributed by atoms with Crippen molar-refractivity contribution in [2.45, 2.75) is 37.6 Å². The Morgan fingerprint density at radius 3 is 2.54 bits per heavy atom. The molecule has 0 bridgehead atoms. The van der Waals surface area contributed by atoms with E-state index in [1.807, 2.05) is 0 Å². The Morgan fingerprint density at radius 1 is 1.33 bits per heavy atom. The second-order valence-corrected chi connectivity index (χ2v) is 8.44. The van der Waals surface area contributed by atoms with Gasteiger partial charge in [-0.1, -0.05) is 13.8 Å². The summed E-state index contributed by atoms with van der Waals surface area (Å²) in [6.45, 7) is 5.21. The number of hydrogen-bond donors (Lipinski definition) is 2. The van der Waals surface area contributed by atoms with E-state index in [2.05, 4.69) is 23.9 Å². The fraction of sp³-hybridized carbons (Fsp3) is 0.714. The summed E-state index contributed by atoms with van der Waals surface area (Å²) in [4.78, 5) is 23.3. The molecule has 0 aromatic carbocycles. The molecule has 2 N–H and O–H groups in total. The van der Waals surface area contributed by atoms with Crippen molar-refractivity contribution in [1.29, 1.82) is 0 Å². The number of nitrogens with one attached hydrogen (secondary N) is 2. The Balaban J connectivity index is 0.00000288. The van der Waals surface area contributed by atoms with E-state index in [0.717, 1.165) is 34.7 Å². The Morgan fingerprint density at radius 2 is 1.96 bits per heavy atom. The molecule has 2 heterocycles. The van der Waals surface area contributed by atoms with E-state index in [0.29, 0.717) is 0 Å². The molecular weight excluding hydrogens is 356 g/mol. The third-order valence-electron chi connectivity index (χ3n) is 4.51. The number of sulfonamides is 1. The van der Waals surface area contributed by atoms with Crippen LogP contribution in [0.3, 0.4) is 0 Å². The summed E-state index contributed by atoms with van der Waals surface area (Å²) in [6, 6.07) is -0.0117. The first-order chi connectivity index (χ1) is 10.6. The van der Waals surface area contributed by atoms with E-state index in [1.54, 1.807) is 0 Å². The Labute approximate surface area is 147 Å². The Bertz CT molecular complexity index is 813. The van der Waals surface area contributed by atoms with Crippen LogP contribution in [0, 0.1) is 5.41 Å². The molecule has 0 aliphatic carbocycles. The zero-order chi connectivity index (χ0) is 17.4. The van der Waals surface area contributed by atoms with Gasteiger partial charge in [0.05, 0.1) is 0 Å². The van der Waals surface area contributed by atoms with Crippen molar-refractivity contribution in [3.63, 3.8) is 0 Å². The first kappa shape index (κ1) is 20.9. The van der Waals surface area contributed by atoms with Crippen LogP contribution >= 0.6 is 12.4 Å². The average molecular weight is 381 g/mol. The molecule has 1 fully saturated rings. The van der Waals surface area contributed by atoms with Gasteiger partial charge in [0.25, 0.3) is 5.56 Å². The van der Waals surface area contributed by atoms with Gasteiger partial charge in [0.15, 0.2) is 4.90 Å². The van der Waals surface area contributed by atoms with Crippen molar-refractivity contribution in [2.24, 2.45) is 19.5 Å².